The van der Waals surface area contributed by atoms with Crippen LogP contribution < -0.4 is 0 Å². The average molecular weight is 232 g/mol. The van der Waals surface area contributed by atoms with Gasteiger partial charge in [0, 0.05) is 6.08 Å². The topological polar surface area (TPSA) is 26.3 Å². The van der Waals surface area contributed by atoms with E-state index in [1.807, 2.05) is 45.0 Å². The largest absolute Gasteiger partial charge is 0.457 e. The molecule has 0 heterocycles. The van der Waals surface area contributed by atoms with Crippen LogP contribution in [0.1, 0.15) is 32.8 Å². The molecule has 2 heteroatoms. The molecule has 0 bridgehead atoms. The van der Waals surface area contributed by atoms with Crippen LogP contribution in [0.25, 0.3) is 0 Å². The van der Waals surface area contributed by atoms with Crippen LogP contribution in [0.5, 0.6) is 0 Å². The summed E-state index contributed by atoms with van der Waals surface area (Å²) in [6, 6.07) is 10.2. The van der Waals surface area contributed by atoms with Gasteiger partial charge in [0.15, 0.2) is 0 Å². The Balaban J connectivity index is 2.29. The molecule has 92 valence electrons. The minimum absolute atomic E-state index is 0.273. The summed E-state index contributed by atoms with van der Waals surface area (Å²) in [6.45, 7) is 5.59. The smallest absolute Gasteiger partial charge is 0.330 e. The molecule has 0 aliphatic rings. The summed E-state index contributed by atoms with van der Waals surface area (Å²) in [7, 11) is 0. The summed E-state index contributed by atoms with van der Waals surface area (Å²) in [5, 5.41) is 0. The Hall–Kier alpha value is -1.57. The van der Waals surface area contributed by atoms with E-state index in [2.05, 4.69) is 12.1 Å². The van der Waals surface area contributed by atoms with E-state index in [4.69, 9.17) is 4.74 Å². The predicted molar refractivity (Wildman–Crippen MR) is 69.7 cm³/mol. The monoisotopic (exact) mass is 232 g/mol. The number of hydrogen-bond acceptors (Lipinski definition) is 2. The fraction of sp³-hybridized carbons (Fsp3) is 0.400. The Morgan fingerprint density at radius 3 is 2.47 bits per heavy atom. The van der Waals surface area contributed by atoms with Crippen molar-refractivity contribution in [3.05, 3.63) is 48.0 Å². The lowest BCUT2D eigenvalue weighted by Gasteiger charge is -2.17. The molecule has 0 saturated heterocycles. The highest BCUT2D eigenvalue weighted by molar-refractivity contribution is 5.82. The molecule has 0 aliphatic heterocycles. The van der Waals surface area contributed by atoms with Gasteiger partial charge in [-0.1, -0.05) is 36.4 Å². The lowest BCUT2D eigenvalue weighted by atomic mass is 10.1. The van der Waals surface area contributed by atoms with Crippen molar-refractivity contribution in [2.75, 3.05) is 0 Å². The van der Waals surface area contributed by atoms with Crippen molar-refractivity contribution in [1.82, 2.24) is 0 Å². The Labute approximate surface area is 103 Å². The fourth-order valence-corrected chi connectivity index (χ4v) is 1.41. The summed E-state index contributed by atoms with van der Waals surface area (Å²) in [6.07, 6.45) is 5.17. The Bertz CT molecular complexity index is 372. The van der Waals surface area contributed by atoms with Gasteiger partial charge in [-0.15, -0.1) is 0 Å². The van der Waals surface area contributed by atoms with E-state index in [9.17, 15) is 4.79 Å². The summed E-state index contributed by atoms with van der Waals surface area (Å²) in [4.78, 5) is 11.4. The summed E-state index contributed by atoms with van der Waals surface area (Å²) in [5.41, 5.74) is 0.863. The highest BCUT2D eigenvalue weighted by Gasteiger charge is 2.13. The van der Waals surface area contributed by atoms with Crippen molar-refractivity contribution < 1.29 is 9.53 Å². The number of ether oxygens (including phenoxy) is 1. The van der Waals surface area contributed by atoms with Gasteiger partial charge in [0.05, 0.1) is 0 Å². The third-order valence-electron chi connectivity index (χ3n) is 2.10. The highest BCUT2D eigenvalue weighted by Crippen LogP contribution is 2.08. The first-order chi connectivity index (χ1) is 7.97. The van der Waals surface area contributed by atoms with Gasteiger partial charge in [-0.05, 0) is 39.2 Å². The first-order valence-corrected chi connectivity index (χ1v) is 5.91. The van der Waals surface area contributed by atoms with Gasteiger partial charge in [0.25, 0.3) is 0 Å². The minimum Gasteiger partial charge on any atom is -0.457 e. The number of rotatable bonds is 4. The molecule has 0 amide bonds. The zero-order chi connectivity index (χ0) is 12.7. The van der Waals surface area contributed by atoms with Gasteiger partial charge in [-0.3, -0.25) is 0 Å². The summed E-state index contributed by atoms with van der Waals surface area (Å²) < 4.78 is 5.16. The van der Waals surface area contributed by atoms with E-state index in [1.54, 1.807) is 0 Å². The molecular weight excluding hydrogens is 212 g/mol. The molecule has 1 aromatic carbocycles. The van der Waals surface area contributed by atoms with E-state index >= 15 is 0 Å². The molecule has 0 aliphatic carbocycles. The van der Waals surface area contributed by atoms with Gasteiger partial charge in [0.1, 0.15) is 5.60 Å². The number of carbonyl (C=O) groups excluding carboxylic acids is 1. The molecule has 1 rings (SSSR count). The van der Waals surface area contributed by atoms with E-state index in [-0.39, 0.29) is 5.97 Å². The van der Waals surface area contributed by atoms with Crippen molar-refractivity contribution in [2.24, 2.45) is 0 Å². The summed E-state index contributed by atoms with van der Waals surface area (Å²) >= 11 is 0. The first-order valence-electron chi connectivity index (χ1n) is 5.91. The van der Waals surface area contributed by atoms with Crippen LogP contribution in [-0.2, 0) is 16.0 Å². The molecule has 0 spiro atoms. The van der Waals surface area contributed by atoms with Crippen LogP contribution >= 0.6 is 0 Å². The zero-order valence-corrected chi connectivity index (χ0v) is 10.8. The number of benzene rings is 1. The fourth-order valence-electron chi connectivity index (χ4n) is 1.41. The Morgan fingerprint density at radius 2 is 1.88 bits per heavy atom. The van der Waals surface area contributed by atoms with Crippen LogP contribution in [0.4, 0.5) is 0 Å². The maximum absolute atomic E-state index is 11.4. The van der Waals surface area contributed by atoms with Crippen LogP contribution in [0.3, 0.4) is 0 Å². The van der Waals surface area contributed by atoms with E-state index in [0.29, 0.717) is 0 Å². The molecule has 2 nitrogen and oxygen atoms in total. The molecule has 0 fully saturated rings. The predicted octanol–water partition coefficient (Wildman–Crippen LogP) is 3.52. The van der Waals surface area contributed by atoms with Gasteiger partial charge in [-0.25, -0.2) is 4.79 Å². The standard InChI is InChI=1S/C15H20O2/c1-15(2,3)17-14(16)12-8-7-11-13-9-5-4-6-10-13/h4-6,8-10,12H,7,11H2,1-3H3/b12-8-. The Morgan fingerprint density at radius 1 is 1.24 bits per heavy atom. The van der Waals surface area contributed by atoms with Crippen molar-refractivity contribution in [1.29, 1.82) is 0 Å². The number of allylic oxidation sites excluding steroid dienone is 1. The van der Waals surface area contributed by atoms with E-state index < -0.39 is 5.60 Å². The molecule has 0 saturated carbocycles. The quantitative estimate of drug-likeness (QED) is 0.586. The maximum Gasteiger partial charge on any atom is 0.330 e. The molecule has 0 aromatic heterocycles. The first kappa shape index (κ1) is 13.5. The van der Waals surface area contributed by atoms with Gasteiger partial charge in [-0.2, -0.15) is 0 Å². The van der Waals surface area contributed by atoms with Crippen molar-refractivity contribution >= 4 is 5.97 Å². The normalized spacial score (nSPS) is 11.7. The molecule has 0 unspecified atom stereocenters. The van der Waals surface area contributed by atoms with Crippen LogP contribution in [0.2, 0.25) is 0 Å². The second kappa shape index (κ2) is 6.24. The third kappa shape index (κ3) is 6.56. The molecular formula is C15H20O2. The molecule has 0 radical (unpaired) electrons. The lowest BCUT2D eigenvalue weighted by molar-refractivity contribution is -0.148. The second-order valence-electron chi connectivity index (χ2n) is 4.96. The third-order valence-corrected chi connectivity index (χ3v) is 2.10. The number of esters is 1. The van der Waals surface area contributed by atoms with E-state index in [0.717, 1.165) is 12.8 Å². The van der Waals surface area contributed by atoms with Crippen molar-refractivity contribution in [3.8, 4) is 0 Å². The molecule has 0 atom stereocenters. The average Bonchev–Trinajstić information content (AvgIpc) is 2.23. The molecule has 0 N–H and O–H groups in total. The van der Waals surface area contributed by atoms with Crippen LogP contribution in [0.15, 0.2) is 42.5 Å². The highest BCUT2D eigenvalue weighted by atomic mass is 16.6. The van der Waals surface area contributed by atoms with E-state index in [1.165, 1.54) is 11.6 Å². The SMILES string of the molecule is CC(C)(C)OC(=O)/C=C\CCc1ccccc1. The molecule has 17 heavy (non-hydrogen) atoms. The second-order valence-corrected chi connectivity index (χ2v) is 4.96. The maximum atomic E-state index is 11.4. The number of aryl methyl sites for hydroxylation is 1. The minimum atomic E-state index is -0.416. The number of carbonyl (C=O) groups is 1. The van der Waals surface area contributed by atoms with Gasteiger partial charge >= 0.3 is 5.97 Å². The van der Waals surface area contributed by atoms with Crippen molar-refractivity contribution in [3.63, 3.8) is 0 Å². The zero-order valence-electron chi connectivity index (χ0n) is 10.8. The van der Waals surface area contributed by atoms with Crippen molar-refractivity contribution in [2.45, 2.75) is 39.2 Å². The van der Waals surface area contributed by atoms with Crippen LogP contribution in [0, 0.1) is 0 Å². The van der Waals surface area contributed by atoms with Gasteiger partial charge in [0.2, 0.25) is 0 Å². The number of hydrogen-bond donors (Lipinski definition) is 0. The Kier molecular flexibility index (Phi) is 4.95. The van der Waals surface area contributed by atoms with Crippen LogP contribution in [-0.4, -0.2) is 11.6 Å². The lowest BCUT2D eigenvalue weighted by Crippen LogP contribution is -2.22. The summed E-state index contributed by atoms with van der Waals surface area (Å²) in [5.74, 6) is -0.273. The van der Waals surface area contributed by atoms with Gasteiger partial charge < -0.3 is 4.74 Å². The molecule has 1 aromatic rings.